The molecule has 0 heterocycles. The smallest absolute Gasteiger partial charge is 0.133 e. The molecule has 0 aromatic heterocycles. The lowest BCUT2D eigenvalue weighted by Gasteiger charge is -2.64. The van der Waals surface area contributed by atoms with E-state index in [0.717, 1.165) is 30.1 Å². The first kappa shape index (κ1) is 18.0. The van der Waals surface area contributed by atoms with Gasteiger partial charge in [-0.15, -0.1) is 0 Å². The molecule has 2 nitrogen and oxygen atoms in total. The third-order valence-corrected chi connectivity index (χ3v) is 9.67. The van der Waals surface area contributed by atoms with Gasteiger partial charge >= 0.3 is 0 Å². The highest BCUT2D eigenvalue weighted by atomic mass is 16.1. The minimum Gasteiger partial charge on any atom is -0.306 e. The van der Waals surface area contributed by atoms with E-state index < -0.39 is 0 Å². The zero-order chi connectivity index (χ0) is 18.0. The summed E-state index contributed by atoms with van der Waals surface area (Å²) >= 11 is 0. The lowest BCUT2D eigenvalue weighted by molar-refractivity contribution is -0.151. The van der Waals surface area contributed by atoms with Gasteiger partial charge in [0.1, 0.15) is 5.78 Å². The average molecular weight is 346 g/mol. The van der Waals surface area contributed by atoms with Crippen molar-refractivity contribution in [2.45, 2.75) is 84.6 Å². The molecule has 0 radical (unpaired) electrons. The molecule has 4 rings (SSSR count). The Morgan fingerprint density at radius 3 is 2.40 bits per heavy atom. The number of carbonyl (C=O) groups excluding carboxylic acids is 1. The van der Waals surface area contributed by atoms with Crippen LogP contribution < -0.4 is 0 Å². The summed E-state index contributed by atoms with van der Waals surface area (Å²) in [6.07, 6.45) is 12.4. The van der Waals surface area contributed by atoms with Gasteiger partial charge in [-0.1, -0.05) is 26.7 Å². The number of rotatable bonds is 2. The molecule has 2 heteroatoms. The normalized spacial score (nSPS) is 52.4. The topological polar surface area (TPSA) is 20.3 Å². The van der Waals surface area contributed by atoms with E-state index in [1.807, 2.05) is 6.92 Å². The van der Waals surface area contributed by atoms with E-state index in [-0.39, 0.29) is 5.41 Å². The van der Waals surface area contributed by atoms with Gasteiger partial charge in [0.2, 0.25) is 0 Å². The third-order valence-electron chi connectivity index (χ3n) is 9.67. The second-order valence-electron chi connectivity index (χ2n) is 10.8. The molecule has 0 aromatic carbocycles. The predicted molar refractivity (Wildman–Crippen MR) is 103 cm³/mol. The van der Waals surface area contributed by atoms with Crippen molar-refractivity contribution in [1.82, 2.24) is 4.90 Å². The van der Waals surface area contributed by atoms with E-state index in [4.69, 9.17) is 0 Å². The largest absolute Gasteiger partial charge is 0.306 e. The molecule has 4 saturated carbocycles. The minimum absolute atomic E-state index is 0.250. The van der Waals surface area contributed by atoms with E-state index in [1.165, 1.54) is 51.4 Å². The first-order valence-electron chi connectivity index (χ1n) is 11.0. The molecule has 0 saturated heterocycles. The van der Waals surface area contributed by atoms with E-state index in [2.05, 4.69) is 32.8 Å². The van der Waals surface area contributed by atoms with Crippen LogP contribution in [0.2, 0.25) is 0 Å². The fraction of sp³-hybridized carbons (Fsp3) is 0.957. The molecule has 4 aliphatic carbocycles. The van der Waals surface area contributed by atoms with Gasteiger partial charge in [0.15, 0.2) is 0 Å². The Kier molecular flexibility index (Phi) is 4.38. The maximum Gasteiger partial charge on any atom is 0.133 e. The fourth-order valence-electron chi connectivity index (χ4n) is 8.59. The lowest BCUT2D eigenvalue weighted by atomic mass is 9.43. The molecule has 0 N–H and O–H groups in total. The highest BCUT2D eigenvalue weighted by Crippen LogP contribution is 2.68. The maximum atomic E-state index is 12.4. The summed E-state index contributed by atoms with van der Waals surface area (Å²) in [5.41, 5.74) is 0.797. The van der Waals surface area contributed by atoms with Crippen LogP contribution in [0.5, 0.6) is 0 Å². The van der Waals surface area contributed by atoms with Crippen molar-refractivity contribution in [1.29, 1.82) is 0 Å². The first-order chi connectivity index (χ1) is 11.8. The number of nitrogens with zero attached hydrogens (tertiary/aromatic N) is 1. The van der Waals surface area contributed by atoms with E-state index in [0.29, 0.717) is 23.2 Å². The number of hydrogen-bond donors (Lipinski definition) is 0. The summed E-state index contributed by atoms with van der Waals surface area (Å²) in [6, 6.07) is 0.664. The molecule has 0 bridgehead atoms. The monoisotopic (exact) mass is 345 g/mol. The summed E-state index contributed by atoms with van der Waals surface area (Å²) < 4.78 is 0. The molecule has 4 unspecified atom stereocenters. The van der Waals surface area contributed by atoms with Gasteiger partial charge in [0.25, 0.3) is 0 Å². The van der Waals surface area contributed by atoms with Gasteiger partial charge in [-0.2, -0.15) is 0 Å². The molecule has 0 aliphatic heterocycles. The van der Waals surface area contributed by atoms with Crippen LogP contribution in [0.1, 0.15) is 78.6 Å². The highest BCUT2D eigenvalue weighted by Gasteiger charge is 2.63. The zero-order valence-electron chi connectivity index (χ0n) is 17.2. The van der Waals surface area contributed by atoms with Gasteiger partial charge in [0, 0.05) is 12.0 Å². The third kappa shape index (κ3) is 2.49. The van der Waals surface area contributed by atoms with Gasteiger partial charge < -0.3 is 4.90 Å². The molecule has 0 amide bonds. The second-order valence-corrected chi connectivity index (χ2v) is 10.8. The van der Waals surface area contributed by atoms with E-state index >= 15 is 0 Å². The van der Waals surface area contributed by atoms with Crippen LogP contribution in [-0.4, -0.2) is 30.8 Å². The van der Waals surface area contributed by atoms with Crippen molar-refractivity contribution < 1.29 is 4.79 Å². The van der Waals surface area contributed by atoms with Crippen LogP contribution >= 0.6 is 0 Å². The molecule has 0 aromatic rings. The number of carbonyl (C=O) groups is 1. The molecule has 8 atom stereocenters. The Balaban J connectivity index is 1.74. The van der Waals surface area contributed by atoms with Crippen LogP contribution in [0.25, 0.3) is 0 Å². The van der Waals surface area contributed by atoms with Crippen LogP contribution in [-0.2, 0) is 4.79 Å². The molecule has 25 heavy (non-hydrogen) atoms. The van der Waals surface area contributed by atoms with E-state index in [1.54, 1.807) is 0 Å². The van der Waals surface area contributed by atoms with Crippen molar-refractivity contribution in [2.24, 2.45) is 40.4 Å². The Hall–Kier alpha value is -0.370. The van der Waals surface area contributed by atoms with Gasteiger partial charge in [-0.05, 0) is 100 Å². The Morgan fingerprint density at radius 1 is 0.960 bits per heavy atom. The van der Waals surface area contributed by atoms with Crippen molar-refractivity contribution in [3.63, 3.8) is 0 Å². The number of Topliss-reactive ketones (excluding diaryl/α,β-unsaturated/α-hetero) is 1. The lowest BCUT2D eigenvalue weighted by Crippen LogP contribution is -2.61. The standard InChI is InChI=1S/C23H39NO/c1-15(25)18-11-12-19-17-10-9-16-8-6-7-13-22(16,2)21(17)20(24(4)5)14-23(18,19)3/h16-21H,6-14H2,1-5H3/t16?,17-,18+,19?,20?,21?,22-,23+/m0/s1. The van der Waals surface area contributed by atoms with Crippen molar-refractivity contribution in [3.05, 3.63) is 0 Å². The van der Waals surface area contributed by atoms with Gasteiger partial charge in [-0.3, -0.25) is 4.79 Å². The Labute approximate surface area is 155 Å². The number of hydrogen-bond acceptors (Lipinski definition) is 2. The molecular weight excluding hydrogens is 306 g/mol. The minimum atomic E-state index is 0.250. The second kappa shape index (κ2) is 6.08. The molecule has 0 spiro atoms. The molecule has 4 aliphatic rings. The highest BCUT2D eigenvalue weighted by molar-refractivity contribution is 5.79. The average Bonchev–Trinajstić information content (AvgIpc) is 2.90. The molecule has 4 fully saturated rings. The molecule has 142 valence electrons. The Morgan fingerprint density at radius 2 is 1.72 bits per heavy atom. The summed E-state index contributed by atoms with van der Waals surface area (Å²) in [4.78, 5) is 15.0. The van der Waals surface area contributed by atoms with Crippen LogP contribution in [0, 0.1) is 40.4 Å². The van der Waals surface area contributed by atoms with Crippen molar-refractivity contribution in [2.75, 3.05) is 14.1 Å². The van der Waals surface area contributed by atoms with Gasteiger partial charge in [-0.25, -0.2) is 0 Å². The van der Waals surface area contributed by atoms with Crippen LogP contribution in [0.15, 0.2) is 0 Å². The summed E-state index contributed by atoms with van der Waals surface area (Å²) in [6.45, 7) is 7.00. The van der Waals surface area contributed by atoms with Gasteiger partial charge in [0.05, 0.1) is 0 Å². The number of fused-ring (bicyclic) bond motifs is 5. The molecular formula is C23H39NO. The number of ketones is 1. The predicted octanol–water partition coefficient (Wildman–Crippen LogP) is 5.16. The fourth-order valence-corrected chi connectivity index (χ4v) is 8.59. The quantitative estimate of drug-likeness (QED) is 0.688. The van der Waals surface area contributed by atoms with E-state index in [9.17, 15) is 4.79 Å². The maximum absolute atomic E-state index is 12.4. The first-order valence-corrected chi connectivity index (χ1v) is 11.0. The zero-order valence-corrected chi connectivity index (χ0v) is 17.2. The van der Waals surface area contributed by atoms with Crippen LogP contribution in [0.4, 0.5) is 0 Å². The summed E-state index contributed by atoms with van der Waals surface area (Å²) in [5.74, 6) is 4.23. The Bertz CT molecular complexity index is 542. The van der Waals surface area contributed by atoms with Crippen LogP contribution in [0.3, 0.4) is 0 Å². The van der Waals surface area contributed by atoms with Crippen molar-refractivity contribution in [3.8, 4) is 0 Å². The SMILES string of the molecule is CC(=O)[C@H]1CCC2[C@@H]3CCC4CCCC[C@]4(C)C3C(N(C)C)C[C@@]21C. The summed E-state index contributed by atoms with van der Waals surface area (Å²) in [5, 5.41) is 0. The summed E-state index contributed by atoms with van der Waals surface area (Å²) in [7, 11) is 4.61. The van der Waals surface area contributed by atoms with Crippen molar-refractivity contribution >= 4 is 5.78 Å².